The Kier molecular flexibility index (Phi) is 7.15. The third-order valence-corrected chi connectivity index (χ3v) is 6.62. The van der Waals surface area contributed by atoms with Crippen LogP contribution in [0.5, 0.6) is 0 Å². The summed E-state index contributed by atoms with van der Waals surface area (Å²) >= 11 is 1.30. The average Bonchev–Trinajstić information content (AvgIpc) is 3.41. The number of carbonyl (C=O) groups is 2. The van der Waals surface area contributed by atoms with Crippen LogP contribution < -0.4 is 10.2 Å². The number of carbonyl (C=O) groups excluding carboxylic acids is 2. The van der Waals surface area contributed by atoms with Crippen molar-refractivity contribution < 1.29 is 18.7 Å². The number of ether oxygens (including phenoxy) is 1. The Morgan fingerprint density at radius 3 is 2.52 bits per heavy atom. The number of esters is 1. The largest absolute Gasteiger partial charge is 0.462 e. The second kappa shape index (κ2) is 10.2. The summed E-state index contributed by atoms with van der Waals surface area (Å²) in [5.41, 5.74) is 3.48. The van der Waals surface area contributed by atoms with E-state index < -0.39 is 5.97 Å². The van der Waals surface area contributed by atoms with Crippen molar-refractivity contribution in [1.82, 2.24) is 4.90 Å². The predicted molar refractivity (Wildman–Crippen MR) is 131 cm³/mol. The lowest BCUT2D eigenvalue weighted by Crippen LogP contribution is -2.48. The molecule has 7 nitrogen and oxygen atoms in total. The molecule has 0 bridgehead atoms. The summed E-state index contributed by atoms with van der Waals surface area (Å²) in [5, 5.41) is 5.24. The molecule has 0 unspecified atom stereocenters. The van der Waals surface area contributed by atoms with E-state index in [0.717, 1.165) is 31.9 Å². The van der Waals surface area contributed by atoms with Gasteiger partial charge in [-0.1, -0.05) is 18.2 Å². The van der Waals surface area contributed by atoms with Crippen LogP contribution in [0.15, 0.2) is 46.2 Å². The van der Waals surface area contributed by atoms with E-state index in [1.807, 2.05) is 30.5 Å². The summed E-state index contributed by atoms with van der Waals surface area (Å²) in [7, 11) is 0. The van der Waals surface area contributed by atoms with E-state index in [0.29, 0.717) is 21.9 Å². The summed E-state index contributed by atoms with van der Waals surface area (Å²) in [4.78, 5) is 30.0. The Balaban J connectivity index is 1.41. The fourth-order valence-electron chi connectivity index (χ4n) is 4.05. The summed E-state index contributed by atoms with van der Waals surface area (Å²) in [6, 6.07) is 12.0. The molecule has 0 aliphatic carbocycles. The fourth-order valence-corrected chi connectivity index (χ4v) is 5.00. The third kappa shape index (κ3) is 5.29. The summed E-state index contributed by atoms with van der Waals surface area (Å²) in [6.07, 6.45) is 0. The van der Waals surface area contributed by atoms with Gasteiger partial charge in [0, 0.05) is 42.8 Å². The molecule has 33 heavy (non-hydrogen) atoms. The van der Waals surface area contributed by atoms with Gasteiger partial charge < -0.3 is 19.4 Å². The minimum Gasteiger partial charge on any atom is -0.462 e. The monoisotopic (exact) mass is 467 g/mol. The maximum Gasteiger partial charge on any atom is 0.341 e. The van der Waals surface area contributed by atoms with Gasteiger partial charge in [0.05, 0.1) is 13.2 Å². The molecule has 0 saturated carbocycles. The van der Waals surface area contributed by atoms with E-state index >= 15 is 0 Å². The molecular formula is C25H29N3O4S. The molecule has 3 heterocycles. The molecule has 174 valence electrons. The fraction of sp³-hybridized carbons (Fsp3) is 0.360. The number of benzene rings is 1. The standard InChI is InChI=1S/C25H29N3O4S/c1-4-31-25(30)23-19(21-10-9-18(3)32-21)16-33-24(23)26-22(29)15-27-11-13-28(14-12-27)20-8-6-5-7-17(20)2/h5-10,16H,4,11-15H2,1-3H3,(H,26,29). The van der Waals surface area contributed by atoms with E-state index in [9.17, 15) is 9.59 Å². The highest BCUT2D eigenvalue weighted by atomic mass is 32.1. The number of rotatable bonds is 7. The highest BCUT2D eigenvalue weighted by Crippen LogP contribution is 2.37. The molecule has 4 rings (SSSR count). The number of anilines is 2. The van der Waals surface area contributed by atoms with Crippen molar-refractivity contribution >= 4 is 33.9 Å². The number of aryl methyl sites for hydroxylation is 2. The van der Waals surface area contributed by atoms with Crippen molar-refractivity contribution in [3.05, 3.63) is 58.7 Å². The zero-order valence-electron chi connectivity index (χ0n) is 19.2. The Labute approximate surface area is 197 Å². The Morgan fingerprint density at radius 1 is 1.09 bits per heavy atom. The number of hydrogen-bond donors (Lipinski definition) is 1. The molecule has 1 aliphatic rings. The van der Waals surface area contributed by atoms with Crippen LogP contribution in [0.3, 0.4) is 0 Å². The lowest BCUT2D eigenvalue weighted by atomic mass is 10.1. The van der Waals surface area contributed by atoms with Gasteiger partial charge in [0.1, 0.15) is 22.1 Å². The first-order valence-electron chi connectivity index (χ1n) is 11.1. The minimum absolute atomic E-state index is 0.145. The molecule has 2 aromatic heterocycles. The molecule has 1 fully saturated rings. The van der Waals surface area contributed by atoms with Crippen LogP contribution in [-0.4, -0.2) is 56.1 Å². The SMILES string of the molecule is CCOC(=O)c1c(-c2ccc(C)o2)csc1NC(=O)CN1CCN(c2ccccc2C)CC1. The van der Waals surface area contributed by atoms with Crippen molar-refractivity contribution in [2.75, 3.05) is 49.5 Å². The summed E-state index contributed by atoms with van der Waals surface area (Å²) < 4.78 is 11.0. The number of para-hydroxylation sites is 1. The van der Waals surface area contributed by atoms with Gasteiger partial charge in [-0.15, -0.1) is 11.3 Å². The van der Waals surface area contributed by atoms with Crippen molar-refractivity contribution in [2.45, 2.75) is 20.8 Å². The van der Waals surface area contributed by atoms with E-state index in [-0.39, 0.29) is 19.1 Å². The topological polar surface area (TPSA) is 75.0 Å². The van der Waals surface area contributed by atoms with Crippen LogP contribution in [0.2, 0.25) is 0 Å². The van der Waals surface area contributed by atoms with Gasteiger partial charge in [0.15, 0.2) is 0 Å². The molecule has 0 spiro atoms. The van der Waals surface area contributed by atoms with Crippen molar-refractivity contribution in [3.63, 3.8) is 0 Å². The maximum absolute atomic E-state index is 12.8. The molecule has 8 heteroatoms. The van der Waals surface area contributed by atoms with Crippen LogP contribution in [0.4, 0.5) is 10.7 Å². The van der Waals surface area contributed by atoms with Gasteiger partial charge in [-0.25, -0.2) is 4.79 Å². The van der Waals surface area contributed by atoms with Crippen LogP contribution in [0.25, 0.3) is 11.3 Å². The molecule has 3 aromatic rings. The van der Waals surface area contributed by atoms with Gasteiger partial charge in [-0.3, -0.25) is 9.69 Å². The summed E-state index contributed by atoms with van der Waals surface area (Å²) in [5.74, 6) is 0.722. The Morgan fingerprint density at radius 2 is 1.85 bits per heavy atom. The van der Waals surface area contributed by atoms with Gasteiger partial charge in [-0.2, -0.15) is 0 Å². The van der Waals surface area contributed by atoms with Crippen molar-refractivity contribution in [2.24, 2.45) is 0 Å². The number of amides is 1. The van der Waals surface area contributed by atoms with Crippen molar-refractivity contribution in [1.29, 1.82) is 0 Å². The molecule has 1 N–H and O–H groups in total. The molecule has 0 atom stereocenters. The molecule has 1 amide bonds. The lowest BCUT2D eigenvalue weighted by molar-refractivity contribution is -0.117. The average molecular weight is 468 g/mol. The number of nitrogens with zero attached hydrogens (tertiary/aromatic N) is 2. The first-order chi connectivity index (χ1) is 16.0. The zero-order chi connectivity index (χ0) is 23.4. The molecule has 1 aliphatic heterocycles. The second-order valence-electron chi connectivity index (χ2n) is 8.08. The predicted octanol–water partition coefficient (Wildman–Crippen LogP) is 4.56. The molecule has 1 aromatic carbocycles. The molecule has 0 radical (unpaired) electrons. The van der Waals surface area contributed by atoms with Gasteiger partial charge >= 0.3 is 5.97 Å². The first kappa shape index (κ1) is 23.1. The van der Waals surface area contributed by atoms with Gasteiger partial charge in [-0.05, 0) is 44.5 Å². The second-order valence-corrected chi connectivity index (χ2v) is 8.96. The van der Waals surface area contributed by atoms with Crippen LogP contribution >= 0.6 is 11.3 Å². The molecular weight excluding hydrogens is 438 g/mol. The first-order valence-corrected chi connectivity index (χ1v) is 12.0. The Bertz CT molecular complexity index is 1130. The Hall–Kier alpha value is -3.10. The van der Waals surface area contributed by atoms with Crippen LogP contribution in [0, 0.1) is 13.8 Å². The minimum atomic E-state index is -0.468. The van der Waals surface area contributed by atoms with Crippen molar-refractivity contribution in [3.8, 4) is 11.3 Å². The van der Waals surface area contributed by atoms with E-state index in [2.05, 4.69) is 40.2 Å². The number of piperazine rings is 1. The van der Waals surface area contributed by atoms with Crippen LogP contribution in [0.1, 0.15) is 28.6 Å². The highest BCUT2D eigenvalue weighted by molar-refractivity contribution is 7.15. The third-order valence-electron chi connectivity index (χ3n) is 5.72. The van der Waals surface area contributed by atoms with E-state index in [1.54, 1.807) is 6.92 Å². The van der Waals surface area contributed by atoms with Crippen LogP contribution in [-0.2, 0) is 9.53 Å². The van der Waals surface area contributed by atoms with Gasteiger partial charge in [0.25, 0.3) is 0 Å². The molecule has 1 saturated heterocycles. The highest BCUT2D eigenvalue weighted by Gasteiger charge is 2.26. The van der Waals surface area contributed by atoms with E-state index in [1.165, 1.54) is 22.6 Å². The smallest absolute Gasteiger partial charge is 0.341 e. The van der Waals surface area contributed by atoms with E-state index in [4.69, 9.17) is 9.15 Å². The number of hydrogen-bond acceptors (Lipinski definition) is 7. The zero-order valence-corrected chi connectivity index (χ0v) is 20.0. The van der Waals surface area contributed by atoms with Gasteiger partial charge in [0.2, 0.25) is 5.91 Å². The lowest BCUT2D eigenvalue weighted by Gasteiger charge is -2.36. The number of nitrogens with one attached hydrogen (secondary N) is 1. The number of thiophene rings is 1. The normalized spacial score (nSPS) is 14.3. The quantitative estimate of drug-likeness (QED) is 0.514. The maximum atomic E-state index is 12.8. The summed E-state index contributed by atoms with van der Waals surface area (Å²) in [6.45, 7) is 9.59. The number of furan rings is 1.